The predicted octanol–water partition coefficient (Wildman–Crippen LogP) is 1.31. The smallest absolute Gasteiger partial charge is 0.331 e. The number of carbonyl (C=O) groups is 3. The number of ether oxygens (including phenoxy) is 4. The molecule has 128 valence electrons. The average molecular weight is 326 g/mol. The summed E-state index contributed by atoms with van der Waals surface area (Å²) in [6.07, 6.45) is 4.15. The Bertz CT molecular complexity index is 481. The van der Waals surface area contributed by atoms with Crippen LogP contribution < -0.4 is 0 Å². The summed E-state index contributed by atoms with van der Waals surface area (Å²) in [6, 6.07) is 0. The normalized spacial score (nSPS) is 30.0. The summed E-state index contributed by atoms with van der Waals surface area (Å²) >= 11 is 0. The number of carbonyl (C=O) groups excluding carboxylic acids is 3. The van der Waals surface area contributed by atoms with Gasteiger partial charge in [0.25, 0.3) is 0 Å². The Morgan fingerprint density at radius 3 is 2.43 bits per heavy atom. The molecule has 23 heavy (non-hydrogen) atoms. The first-order valence-corrected chi connectivity index (χ1v) is 7.34. The lowest BCUT2D eigenvalue weighted by atomic mass is 10.1. The Hall–Kier alpha value is -1.99. The first-order valence-electron chi connectivity index (χ1n) is 7.34. The zero-order valence-corrected chi connectivity index (χ0v) is 13.5. The van der Waals surface area contributed by atoms with Crippen LogP contribution in [-0.4, -0.2) is 49.9 Å². The molecule has 0 spiro atoms. The number of hydrogen-bond donors (Lipinski definition) is 0. The summed E-state index contributed by atoms with van der Waals surface area (Å²) in [4.78, 5) is 35.0. The fraction of sp³-hybridized carbons (Fsp3) is 0.562. The van der Waals surface area contributed by atoms with Crippen LogP contribution in [-0.2, 0) is 33.3 Å². The summed E-state index contributed by atoms with van der Waals surface area (Å²) in [5.74, 6) is -1.77. The van der Waals surface area contributed by atoms with Crippen molar-refractivity contribution in [1.29, 1.82) is 0 Å². The fourth-order valence-corrected chi connectivity index (χ4v) is 1.83. The lowest BCUT2D eigenvalue weighted by molar-refractivity contribution is -0.147. The number of methoxy groups -OCH3 is 1. The molecule has 0 aromatic rings. The maximum absolute atomic E-state index is 11.7. The van der Waals surface area contributed by atoms with E-state index in [0.29, 0.717) is 12.8 Å². The molecule has 0 unspecified atom stereocenters. The van der Waals surface area contributed by atoms with E-state index in [0.717, 1.165) is 12.2 Å². The van der Waals surface area contributed by atoms with E-state index in [1.165, 1.54) is 26.2 Å². The van der Waals surface area contributed by atoms with Crippen molar-refractivity contribution in [3.05, 3.63) is 24.3 Å². The Morgan fingerprint density at radius 2 is 1.74 bits per heavy atom. The third-order valence-corrected chi connectivity index (χ3v) is 3.10. The second-order valence-corrected chi connectivity index (χ2v) is 5.11. The van der Waals surface area contributed by atoms with E-state index < -0.39 is 29.9 Å². The van der Waals surface area contributed by atoms with Gasteiger partial charge in [-0.05, 0) is 38.8 Å². The number of rotatable bonds is 3. The second kappa shape index (κ2) is 9.91. The molecule has 7 heteroatoms. The molecule has 0 aromatic heterocycles. The van der Waals surface area contributed by atoms with Crippen molar-refractivity contribution >= 4 is 17.7 Å². The molecule has 0 saturated carbocycles. The van der Waals surface area contributed by atoms with E-state index >= 15 is 0 Å². The third kappa shape index (κ3) is 7.71. The lowest BCUT2D eigenvalue weighted by Crippen LogP contribution is -2.23. The number of cyclic esters (lactones) is 2. The van der Waals surface area contributed by atoms with E-state index in [1.807, 2.05) is 0 Å². The van der Waals surface area contributed by atoms with Crippen LogP contribution in [0.5, 0.6) is 0 Å². The van der Waals surface area contributed by atoms with Crippen molar-refractivity contribution in [2.75, 3.05) is 13.9 Å². The van der Waals surface area contributed by atoms with Crippen LogP contribution in [0.2, 0.25) is 0 Å². The van der Waals surface area contributed by atoms with Gasteiger partial charge >= 0.3 is 11.9 Å². The lowest BCUT2D eigenvalue weighted by Gasteiger charge is -2.17. The molecule has 0 N–H and O–H groups in total. The summed E-state index contributed by atoms with van der Waals surface area (Å²) in [6.45, 7) is 3.24. The second-order valence-electron chi connectivity index (χ2n) is 5.11. The van der Waals surface area contributed by atoms with Crippen LogP contribution in [0.4, 0.5) is 0 Å². The standard InChI is InChI=1S/C16H22O7/c1-11-4-5-13(21-10-20-3)6-8-16(19)23-12(2)14(17)7-9-15(18)22-11/h6-9,11-13H,4-5,10H2,1-3H3/b8-6+,9-7+/t11-,12-,13-/m0/s1. The zero-order chi connectivity index (χ0) is 17.2. The topological polar surface area (TPSA) is 88.1 Å². The van der Waals surface area contributed by atoms with Crippen molar-refractivity contribution < 1.29 is 33.3 Å². The van der Waals surface area contributed by atoms with E-state index in [4.69, 9.17) is 18.9 Å². The molecule has 0 fully saturated rings. The Morgan fingerprint density at radius 1 is 1.04 bits per heavy atom. The molecular weight excluding hydrogens is 304 g/mol. The first kappa shape index (κ1) is 19.1. The van der Waals surface area contributed by atoms with Crippen LogP contribution in [0.25, 0.3) is 0 Å². The van der Waals surface area contributed by atoms with Gasteiger partial charge in [0.1, 0.15) is 6.79 Å². The minimum Gasteiger partial charge on any atom is -0.460 e. The van der Waals surface area contributed by atoms with Gasteiger partial charge in [0.15, 0.2) is 11.9 Å². The van der Waals surface area contributed by atoms with E-state index in [1.54, 1.807) is 6.92 Å². The fourth-order valence-electron chi connectivity index (χ4n) is 1.83. The molecule has 0 bridgehead atoms. The van der Waals surface area contributed by atoms with Gasteiger partial charge in [-0.25, -0.2) is 9.59 Å². The Labute approximate surface area is 135 Å². The third-order valence-electron chi connectivity index (χ3n) is 3.10. The highest BCUT2D eigenvalue weighted by molar-refractivity contribution is 5.99. The molecule has 1 aliphatic rings. The van der Waals surface area contributed by atoms with Gasteiger partial charge in [-0.3, -0.25) is 4.79 Å². The highest BCUT2D eigenvalue weighted by Crippen LogP contribution is 2.11. The predicted molar refractivity (Wildman–Crippen MR) is 80.4 cm³/mol. The zero-order valence-electron chi connectivity index (χ0n) is 13.5. The Balaban J connectivity index is 2.85. The highest BCUT2D eigenvalue weighted by Gasteiger charge is 2.17. The van der Waals surface area contributed by atoms with Crippen LogP contribution in [0.1, 0.15) is 26.7 Å². The van der Waals surface area contributed by atoms with Crippen LogP contribution >= 0.6 is 0 Å². The van der Waals surface area contributed by atoms with Crippen molar-refractivity contribution in [3.63, 3.8) is 0 Å². The minimum absolute atomic E-state index is 0.0653. The molecule has 0 radical (unpaired) electrons. The van der Waals surface area contributed by atoms with Gasteiger partial charge in [-0.15, -0.1) is 0 Å². The van der Waals surface area contributed by atoms with Crippen molar-refractivity contribution in [3.8, 4) is 0 Å². The van der Waals surface area contributed by atoms with Gasteiger partial charge < -0.3 is 18.9 Å². The van der Waals surface area contributed by atoms with E-state index in [-0.39, 0.29) is 12.9 Å². The molecule has 0 aliphatic carbocycles. The molecule has 7 nitrogen and oxygen atoms in total. The average Bonchev–Trinajstić information content (AvgIpc) is 2.50. The summed E-state index contributed by atoms with van der Waals surface area (Å²) in [7, 11) is 1.49. The number of esters is 2. The molecule has 0 aromatic carbocycles. The van der Waals surface area contributed by atoms with Gasteiger partial charge in [-0.1, -0.05) is 0 Å². The highest BCUT2D eigenvalue weighted by atomic mass is 16.7. The molecule has 1 heterocycles. The first-order chi connectivity index (χ1) is 10.9. The summed E-state index contributed by atoms with van der Waals surface area (Å²) < 4.78 is 20.4. The van der Waals surface area contributed by atoms with Crippen LogP contribution in [0, 0.1) is 0 Å². The quantitative estimate of drug-likeness (QED) is 0.571. The monoisotopic (exact) mass is 326 g/mol. The summed E-state index contributed by atoms with van der Waals surface area (Å²) in [5.41, 5.74) is 0. The van der Waals surface area contributed by atoms with Crippen molar-refractivity contribution in [2.45, 2.75) is 45.0 Å². The molecular formula is C16H22O7. The Kier molecular flexibility index (Phi) is 8.21. The molecule has 0 saturated heterocycles. The SMILES string of the molecule is COCO[C@@H]1/C=C/C(=O)O[C@@H](C)C(=O)/C=C/C(=O)O[C@@H](C)CC1. The van der Waals surface area contributed by atoms with Crippen LogP contribution in [0.15, 0.2) is 24.3 Å². The number of ketones is 1. The number of hydrogen-bond acceptors (Lipinski definition) is 7. The molecule has 1 rings (SSSR count). The maximum atomic E-state index is 11.7. The van der Waals surface area contributed by atoms with Gasteiger partial charge in [-0.2, -0.15) is 0 Å². The van der Waals surface area contributed by atoms with Crippen molar-refractivity contribution in [1.82, 2.24) is 0 Å². The largest absolute Gasteiger partial charge is 0.460 e. The van der Waals surface area contributed by atoms with Crippen LogP contribution in [0.3, 0.4) is 0 Å². The van der Waals surface area contributed by atoms with E-state index in [2.05, 4.69) is 0 Å². The summed E-state index contributed by atoms with van der Waals surface area (Å²) in [5, 5.41) is 0. The molecule has 3 atom stereocenters. The van der Waals surface area contributed by atoms with Gasteiger partial charge in [0, 0.05) is 19.3 Å². The maximum Gasteiger partial charge on any atom is 0.331 e. The van der Waals surface area contributed by atoms with E-state index in [9.17, 15) is 14.4 Å². The van der Waals surface area contributed by atoms with Gasteiger partial charge in [0.2, 0.25) is 0 Å². The minimum atomic E-state index is -0.991. The van der Waals surface area contributed by atoms with Crippen molar-refractivity contribution in [2.24, 2.45) is 0 Å². The van der Waals surface area contributed by atoms with Gasteiger partial charge in [0.05, 0.1) is 12.2 Å². The molecule has 1 aliphatic heterocycles. The molecule has 0 amide bonds.